The van der Waals surface area contributed by atoms with Crippen molar-refractivity contribution < 1.29 is 34.1 Å². The number of alkyl carbamates (subject to hydrolysis) is 1. The average Bonchev–Trinajstić information content (AvgIpc) is 3.37. The molecule has 2 aliphatic rings. The summed E-state index contributed by atoms with van der Waals surface area (Å²) in [7, 11) is 0. The molecule has 1 aromatic rings. The van der Waals surface area contributed by atoms with Crippen LogP contribution in [0.5, 0.6) is 0 Å². The van der Waals surface area contributed by atoms with Crippen LogP contribution in [0.1, 0.15) is 50.6 Å². The van der Waals surface area contributed by atoms with Crippen molar-refractivity contribution in [2.75, 3.05) is 13.3 Å². The normalized spacial score (nSPS) is 22.3. The lowest BCUT2D eigenvalue weighted by molar-refractivity contribution is -0.166. The molecule has 0 spiro atoms. The number of aliphatic hydroxyl groups excluding tert-OH is 2. The lowest BCUT2D eigenvalue weighted by atomic mass is 9.79. The quantitative estimate of drug-likeness (QED) is 0.163. The first-order valence-electron chi connectivity index (χ1n) is 11.5. The molecule has 10 nitrogen and oxygen atoms in total. The van der Waals surface area contributed by atoms with E-state index in [0.717, 1.165) is 24.1 Å². The Kier molecular flexibility index (Phi) is 9.72. The predicted molar refractivity (Wildman–Crippen MR) is 132 cm³/mol. The van der Waals surface area contributed by atoms with Crippen molar-refractivity contribution in [3.05, 3.63) is 32.1 Å². The third kappa shape index (κ3) is 6.05. The first-order valence-corrected chi connectivity index (χ1v) is 13.3. The Morgan fingerprint density at radius 2 is 2.14 bits per heavy atom. The molecule has 0 bridgehead atoms. The van der Waals surface area contributed by atoms with Crippen molar-refractivity contribution in [1.82, 2.24) is 15.2 Å². The zero-order valence-corrected chi connectivity index (χ0v) is 21.6. The number of fused-ring (bicyclic) bond motifs is 1. The number of hydrogen-bond acceptors (Lipinski definition) is 10. The highest BCUT2D eigenvalue weighted by molar-refractivity contribution is 8.06. The molecule has 2 amide bonds. The predicted octanol–water partition coefficient (Wildman–Crippen LogP) is 2.83. The number of β-lactam (4-membered cyclic amide) rings is 1. The van der Waals surface area contributed by atoms with Crippen LogP contribution in [0.15, 0.2) is 21.5 Å². The summed E-state index contributed by atoms with van der Waals surface area (Å²) >= 11 is 2.64. The maximum atomic E-state index is 13.0. The van der Waals surface area contributed by atoms with Crippen LogP contribution in [0.25, 0.3) is 6.08 Å². The van der Waals surface area contributed by atoms with E-state index in [9.17, 15) is 24.6 Å². The average molecular weight is 526 g/mol. The van der Waals surface area contributed by atoms with Crippen LogP contribution < -0.4 is 5.32 Å². The first kappa shape index (κ1) is 27.2. The van der Waals surface area contributed by atoms with Crippen LogP contribution in [0.2, 0.25) is 0 Å². The van der Waals surface area contributed by atoms with Gasteiger partial charge < -0.3 is 29.9 Å². The minimum absolute atomic E-state index is 0.0951. The van der Waals surface area contributed by atoms with Gasteiger partial charge >= 0.3 is 12.1 Å². The van der Waals surface area contributed by atoms with Gasteiger partial charge in [-0.2, -0.15) is 0 Å². The number of amides is 2. The smallest absolute Gasteiger partial charge is 0.410 e. The van der Waals surface area contributed by atoms with Crippen LogP contribution in [-0.2, 0) is 25.7 Å². The van der Waals surface area contributed by atoms with Crippen molar-refractivity contribution in [1.29, 1.82) is 0 Å². The molecule has 4 atom stereocenters. The fourth-order valence-corrected chi connectivity index (χ4v) is 5.97. The van der Waals surface area contributed by atoms with Crippen LogP contribution in [-0.4, -0.2) is 63.6 Å². The molecule has 1 fully saturated rings. The lowest BCUT2D eigenvalue weighted by Crippen LogP contribution is -2.63. The van der Waals surface area contributed by atoms with E-state index in [2.05, 4.69) is 17.2 Å². The van der Waals surface area contributed by atoms with Gasteiger partial charge in [0.05, 0.1) is 40.8 Å². The molecule has 0 unspecified atom stereocenters. The highest BCUT2D eigenvalue weighted by Gasteiger charge is 2.60. The number of unbranched alkanes of at least 4 members (excludes halogenated alkanes) is 2. The zero-order chi connectivity index (χ0) is 25.5. The van der Waals surface area contributed by atoms with E-state index in [1.165, 1.54) is 28.0 Å². The number of aliphatic hydroxyl groups is 2. The summed E-state index contributed by atoms with van der Waals surface area (Å²) < 4.78 is 10.1. The van der Waals surface area contributed by atoms with Crippen molar-refractivity contribution in [2.24, 2.45) is 11.8 Å². The molecular weight excluding hydrogens is 494 g/mol. The summed E-state index contributed by atoms with van der Waals surface area (Å²) in [4.78, 5) is 44.3. The second kappa shape index (κ2) is 12.5. The Balaban J connectivity index is 1.69. The molecular formula is C23H31N3O7S2. The van der Waals surface area contributed by atoms with Crippen molar-refractivity contribution in [2.45, 2.75) is 58.8 Å². The SMILES string of the molecule is CCCCCNC(=O)OCOC(=O)C1=C(S/C=C\c2scnc2CO)[C@H](C)[C@@H]2[C@@H]([C@@H](C)O)C(=O)N12. The molecule has 3 rings (SSSR count). The van der Waals surface area contributed by atoms with Gasteiger partial charge in [0, 0.05) is 17.4 Å². The molecule has 0 aliphatic carbocycles. The maximum Gasteiger partial charge on any atom is 0.410 e. The summed E-state index contributed by atoms with van der Waals surface area (Å²) in [6.07, 6.45) is 3.08. The van der Waals surface area contributed by atoms with Gasteiger partial charge in [-0.15, -0.1) is 11.3 Å². The highest BCUT2D eigenvalue weighted by atomic mass is 32.2. The number of ether oxygens (including phenoxy) is 2. The van der Waals surface area contributed by atoms with Crippen LogP contribution in [0, 0.1) is 11.8 Å². The number of nitrogens with zero attached hydrogens (tertiary/aromatic N) is 2. The second-order valence-corrected chi connectivity index (χ2v) is 10.2. The number of rotatable bonds is 12. The molecule has 192 valence electrons. The van der Waals surface area contributed by atoms with Crippen LogP contribution in [0.4, 0.5) is 4.79 Å². The molecule has 3 N–H and O–H groups in total. The highest BCUT2D eigenvalue weighted by Crippen LogP contribution is 2.51. The minimum atomic E-state index is -0.854. The van der Waals surface area contributed by atoms with Gasteiger partial charge in [0.25, 0.3) is 0 Å². The largest absolute Gasteiger partial charge is 0.423 e. The first-order chi connectivity index (χ1) is 16.8. The summed E-state index contributed by atoms with van der Waals surface area (Å²) in [5.74, 6) is -1.95. The molecule has 0 saturated carbocycles. The lowest BCUT2D eigenvalue weighted by Gasteiger charge is -2.46. The van der Waals surface area contributed by atoms with E-state index in [-0.39, 0.29) is 30.2 Å². The van der Waals surface area contributed by atoms with E-state index in [1.54, 1.807) is 23.9 Å². The third-order valence-corrected chi connectivity index (χ3v) is 7.90. The van der Waals surface area contributed by atoms with E-state index < -0.39 is 30.9 Å². The van der Waals surface area contributed by atoms with Crippen molar-refractivity contribution in [3.63, 3.8) is 0 Å². The Labute approximate surface area is 212 Å². The number of thiazole rings is 1. The summed E-state index contributed by atoms with van der Waals surface area (Å²) in [5, 5.41) is 23.8. The van der Waals surface area contributed by atoms with Crippen molar-refractivity contribution >= 4 is 47.1 Å². The number of hydrogen-bond donors (Lipinski definition) is 3. The fourth-order valence-electron chi connectivity index (χ4n) is 4.19. The van der Waals surface area contributed by atoms with Gasteiger partial charge in [-0.3, -0.25) is 4.79 Å². The Bertz CT molecular complexity index is 992. The molecule has 2 aliphatic heterocycles. The van der Waals surface area contributed by atoms with E-state index >= 15 is 0 Å². The number of carbonyl (C=O) groups is 3. The molecule has 35 heavy (non-hydrogen) atoms. The molecule has 0 aromatic carbocycles. The van der Waals surface area contributed by atoms with Gasteiger partial charge in [-0.1, -0.05) is 38.5 Å². The number of nitrogens with one attached hydrogen (secondary N) is 1. The molecule has 12 heteroatoms. The maximum absolute atomic E-state index is 13.0. The topological polar surface area (TPSA) is 138 Å². The van der Waals surface area contributed by atoms with Gasteiger partial charge in [-0.05, 0) is 24.8 Å². The van der Waals surface area contributed by atoms with Gasteiger partial charge in [0.15, 0.2) is 0 Å². The number of aromatic nitrogens is 1. The van der Waals surface area contributed by atoms with Gasteiger partial charge in [0.1, 0.15) is 5.70 Å². The van der Waals surface area contributed by atoms with Crippen LogP contribution >= 0.6 is 23.1 Å². The summed E-state index contributed by atoms with van der Waals surface area (Å²) in [6, 6.07) is -0.361. The number of carbonyl (C=O) groups excluding carboxylic acids is 3. The van der Waals surface area contributed by atoms with Crippen molar-refractivity contribution in [3.8, 4) is 0 Å². The van der Waals surface area contributed by atoms with Crippen LogP contribution in [0.3, 0.4) is 0 Å². The Morgan fingerprint density at radius 3 is 2.83 bits per heavy atom. The molecule has 1 aromatic heterocycles. The second-order valence-electron chi connectivity index (χ2n) is 8.32. The Morgan fingerprint density at radius 1 is 1.37 bits per heavy atom. The zero-order valence-electron chi connectivity index (χ0n) is 19.9. The van der Waals surface area contributed by atoms with Gasteiger partial charge in [-0.25, -0.2) is 14.6 Å². The fraction of sp³-hybridized carbons (Fsp3) is 0.565. The van der Waals surface area contributed by atoms with E-state index in [0.29, 0.717) is 17.1 Å². The van der Waals surface area contributed by atoms with E-state index in [1.807, 2.05) is 6.92 Å². The summed E-state index contributed by atoms with van der Waals surface area (Å²) in [5.41, 5.74) is 2.28. The minimum Gasteiger partial charge on any atom is -0.423 e. The molecule has 3 heterocycles. The van der Waals surface area contributed by atoms with Gasteiger partial charge in [0.2, 0.25) is 12.7 Å². The molecule has 1 saturated heterocycles. The number of esters is 1. The molecule has 0 radical (unpaired) electrons. The number of thioether (sulfide) groups is 1. The van der Waals surface area contributed by atoms with E-state index in [4.69, 9.17) is 9.47 Å². The third-order valence-electron chi connectivity index (χ3n) is 5.97. The Hall–Kier alpha value is -2.41. The summed E-state index contributed by atoms with van der Waals surface area (Å²) in [6.45, 7) is 5.21. The monoisotopic (exact) mass is 525 g/mol. The standard InChI is InChI=1S/C23H31N3O7S2/c1-4-5-6-8-24-23(31)33-12-32-22(30)19-20(34-9-7-16-15(10-27)25-11-35-16)13(2)18-17(14(3)28)21(29)26(18)19/h7,9,11,13-14,17-18,27-28H,4-6,8,10,12H2,1-3H3,(H,24,31)/b9-7-/t13-,14-,17-,18-/m1/s1.